The van der Waals surface area contributed by atoms with Gasteiger partial charge in [-0.3, -0.25) is 14.9 Å². The highest BCUT2D eigenvalue weighted by molar-refractivity contribution is 8.15. The molecule has 2 heterocycles. The molecule has 1 aromatic heterocycles. The first-order valence-electron chi connectivity index (χ1n) is 12.1. The standard InChI is InChI=1S/C26H34N2O4S/c1-4-22-21(27-25(32-22)19-11-9-18(10-12-19)16(2)3)15-31-20-7-5-6-17(14-20)8-13-23-24(29)28-26(30)33-23/h9-12,16-17,20,23H,4-8,13-15H2,1-3H3,(H,28,29,30)/t17?,20-,23?/m1/s1. The molecular formula is C26H34N2O4S. The predicted octanol–water partition coefficient (Wildman–Crippen LogP) is 6.23. The zero-order chi connectivity index (χ0) is 23.4. The minimum atomic E-state index is -0.228. The van der Waals surface area contributed by atoms with Crippen molar-refractivity contribution >= 4 is 22.9 Å². The van der Waals surface area contributed by atoms with Crippen LogP contribution in [0.4, 0.5) is 4.79 Å². The van der Waals surface area contributed by atoms with Crippen LogP contribution in [0.1, 0.15) is 82.2 Å². The summed E-state index contributed by atoms with van der Waals surface area (Å²) < 4.78 is 12.4. The summed E-state index contributed by atoms with van der Waals surface area (Å²) in [5.41, 5.74) is 3.18. The quantitative estimate of drug-likeness (QED) is 0.467. The zero-order valence-corrected chi connectivity index (χ0v) is 20.6. The molecule has 2 aromatic rings. The first kappa shape index (κ1) is 24.0. The fourth-order valence-electron chi connectivity index (χ4n) is 4.73. The van der Waals surface area contributed by atoms with Gasteiger partial charge in [-0.15, -0.1) is 0 Å². The highest BCUT2D eigenvalue weighted by Gasteiger charge is 2.32. The first-order valence-corrected chi connectivity index (χ1v) is 13.0. The van der Waals surface area contributed by atoms with Crippen molar-refractivity contribution < 1.29 is 18.7 Å². The van der Waals surface area contributed by atoms with E-state index in [2.05, 4.69) is 50.4 Å². The molecule has 2 unspecified atom stereocenters. The number of thioether (sulfide) groups is 1. The maximum absolute atomic E-state index is 11.8. The topological polar surface area (TPSA) is 81.4 Å². The van der Waals surface area contributed by atoms with Crippen molar-refractivity contribution in [3.8, 4) is 11.5 Å². The van der Waals surface area contributed by atoms with Gasteiger partial charge in [0.05, 0.1) is 18.0 Å². The summed E-state index contributed by atoms with van der Waals surface area (Å²) in [5, 5.41) is 1.93. The normalized spacial score (nSPS) is 23.3. The van der Waals surface area contributed by atoms with Crippen molar-refractivity contribution in [2.45, 2.75) is 89.6 Å². The van der Waals surface area contributed by atoms with Crippen LogP contribution in [0, 0.1) is 5.92 Å². The van der Waals surface area contributed by atoms with E-state index in [4.69, 9.17) is 14.1 Å². The molecule has 6 nitrogen and oxygen atoms in total. The molecule has 33 heavy (non-hydrogen) atoms. The molecule has 3 atom stereocenters. The number of nitrogens with one attached hydrogen (secondary N) is 1. The van der Waals surface area contributed by atoms with Crippen molar-refractivity contribution in [1.29, 1.82) is 0 Å². The van der Waals surface area contributed by atoms with E-state index >= 15 is 0 Å². The summed E-state index contributed by atoms with van der Waals surface area (Å²) in [7, 11) is 0. The molecule has 2 amide bonds. The Morgan fingerprint density at radius 2 is 1.97 bits per heavy atom. The number of amides is 2. The van der Waals surface area contributed by atoms with Crippen LogP contribution < -0.4 is 5.32 Å². The van der Waals surface area contributed by atoms with Gasteiger partial charge >= 0.3 is 0 Å². The van der Waals surface area contributed by atoms with Gasteiger partial charge in [-0.1, -0.05) is 57.5 Å². The van der Waals surface area contributed by atoms with Crippen LogP contribution in [0.2, 0.25) is 0 Å². The highest BCUT2D eigenvalue weighted by atomic mass is 32.2. The number of aryl methyl sites for hydroxylation is 1. The van der Waals surface area contributed by atoms with Crippen LogP contribution in [0.25, 0.3) is 11.5 Å². The first-order chi connectivity index (χ1) is 15.9. The van der Waals surface area contributed by atoms with Crippen LogP contribution in [-0.2, 0) is 22.6 Å². The molecule has 7 heteroatoms. The molecule has 178 valence electrons. The van der Waals surface area contributed by atoms with Gasteiger partial charge in [0, 0.05) is 12.0 Å². The molecule has 0 bridgehead atoms. The summed E-state index contributed by atoms with van der Waals surface area (Å²) in [5.74, 6) is 2.44. The summed E-state index contributed by atoms with van der Waals surface area (Å²) in [4.78, 5) is 27.9. The Morgan fingerprint density at radius 1 is 1.18 bits per heavy atom. The Balaban J connectivity index is 1.31. The van der Waals surface area contributed by atoms with Crippen molar-refractivity contribution in [1.82, 2.24) is 10.3 Å². The number of hydrogen-bond donors (Lipinski definition) is 1. The number of nitrogens with zero attached hydrogens (tertiary/aromatic N) is 1. The van der Waals surface area contributed by atoms with Crippen molar-refractivity contribution in [2.24, 2.45) is 5.92 Å². The molecule has 0 radical (unpaired) electrons. The van der Waals surface area contributed by atoms with Gasteiger partial charge in [0.2, 0.25) is 11.8 Å². The van der Waals surface area contributed by atoms with Crippen LogP contribution in [0.15, 0.2) is 28.7 Å². The average molecular weight is 471 g/mol. The third kappa shape index (κ3) is 6.07. The Morgan fingerprint density at radius 3 is 2.64 bits per heavy atom. The van der Waals surface area contributed by atoms with Crippen LogP contribution in [0.3, 0.4) is 0 Å². The molecule has 0 spiro atoms. The third-order valence-corrected chi connectivity index (χ3v) is 7.77. The van der Waals surface area contributed by atoms with Gasteiger partial charge in [-0.2, -0.15) is 0 Å². The molecule has 1 aliphatic carbocycles. The number of imide groups is 1. The number of rotatable bonds is 9. The summed E-state index contributed by atoms with van der Waals surface area (Å²) >= 11 is 1.13. The van der Waals surface area contributed by atoms with Gasteiger partial charge in [-0.25, -0.2) is 4.98 Å². The monoisotopic (exact) mass is 470 g/mol. The number of ether oxygens (including phenoxy) is 1. The SMILES string of the molecule is CCc1oc(-c2ccc(C(C)C)cc2)nc1CO[C@@H]1CCCC(CCC2SC(=O)NC2=O)C1. The van der Waals surface area contributed by atoms with E-state index in [-0.39, 0.29) is 22.5 Å². The third-order valence-electron chi connectivity index (χ3n) is 6.72. The summed E-state index contributed by atoms with van der Waals surface area (Å²) in [6, 6.07) is 8.43. The largest absolute Gasteiger partial charge is 0.441 e. The number of hydrogen-bond acceptors (Lipinski definition) is 6. The lowest BCUT2D eigenvalue weighted by Crippen LogP contribution is -2.26. The second-order valence-corrected chi connectivity index (χ2v) is 10.6. The highest BCUT2D eigenvalue weighted by Crippen LogP contribution is 2.33. The lowest BCUT2D eigenvalue weighted by molar-refractivity contribution is -0.119. The van der Waals surface area contributed by atoms with Crippen molar-refractivity contribution in [3.63, 3.8) is 0 Å². The van der Waals surface area contributed by atoms with Crippen molar-refractivity contribution in [3.05, 3.63) is 41.3 Å². The second-order valence-electron chi connectivity index (χ2n) is 9.45. The number of benzene rings is 1. The van der Waals surface area contributed by atoms with Gasteiger partial charge in [0.1, 0.15) is 11.5 Å². The summed E-state index contributed by atoms with van der Waals surface area (Å²) in [6.45, 7) is 6.91. The smallest absolute Gasteiger partial charge is 0.286 e. The van der Waals surface area contributed by atoms with E-state index in [1.165, 1.54) is 5.56 Å². The molecule has 1 saturated heterocycles. The van der Waals surface area contributed by atoms with E-state index in [0.29, 0.717) is 24.3 Å². The van der Waals surface area contributed by atoms with E-state index < -0.39 is 0 Å². The van der Waals surface area contributed by atoms with Crippen LogP contribution >= 0.6 is 11.8 Å². The minimum Gasteiger partial charge on any atom is -0.441 e. The lowest BCUT2D eigenvalue weighted by atomic mass is 9.84. The van der Waals surface area contributed by atoms with Crippen LogP contribution in [0.5, 0.6) is 0 Å². The number of aromatic nitrogens is 1. The molecule has 2 aliphatic rings. The molecular weight excluding hydrogens is 436 g/mol. The molecule has 4 rings (SSSR count). The van der Waals surface area contributed by atoms with Gasteiger partial charge < -0.3 is 9.15 Å². The molecule has 1 N–H and O–H groups in total. The maximum Gasteiger partial charge on any atom is 0.286 e. The summed E-state index contributed by atoms with van der Waals surface area (Å²) in [6.07, 6.45) is 7.03. The Hall–Kier alpha value is -2.12. The molecule has 2 fully saturated rings. The maximum atomic E-state index is 11.8. The fourth-order valence-corrected chi connectivity index (χ4v) is 5.57. The van der Waals surface area contributed by atoms with Crippen LogP contribution in [-0.4, -0.2) is 27.5 Å². The van der Waals surface area contributed by atoms with Crippen molar-refractivity contribution in [2.75, 3.05) is 0 Å². The fraction of sp³-hybridized carbons (Fsp3) is 0.577. The minimum absolute atomic E-state index is 0.138. The molecule has 1 aromatic carbocycles. The number of oxazole rings is 1. The molecule has 1 saturated carbocycles. The lowest BCUT2D eigenvalue weighted by Gasteiger charge is -2.29. The van der Waals surface area contributed by atoms with Gasteiger partial charge in [-0.05, 0) is 55.2 Å². The number of carbonyl (C=O) groups is 2. The number of carbonyl (C=O) groups excluding carboxylic acids is 2. The Labute approximate surface area is 200 Å². The Bertz CT molecular complexity index is 969. The van der Waals surface area contributed by atoms with E-state index in [0.717, 1.165) is 73.7 Å². The average Bonchev–Trinajstić information content (AvgIpc) is 3.38. The van der Waals surface area contributed by atoms with Gasteiger partial charge in [0.15, 0.2) is 0 Å². The van der Waals surface area contributed by atoms with E-state index in [1.54, 1.807) is 0 Å². The molecule has 1 aliphatic heterocycles. The Kier molecular flexibility index (Phi) is 7.91. The second kappa shape index (κ2) is 10.9. The zero-order valence-electron chi connectivity index (χ0n) is 19.8. The predicted molar refractivity (Wildman–Crippen MR) is 130 cm³/mol. The van der Waals surface area contributed by atoms with Gasteiger partial charge in [0.25, 0.3) is 5.24 Å². The van der Waals surface area contributed by atoms with E-state index in [1.807, 2.05) is 0 Å². The van der Waals surface area contributed by atoms with E-state index in [9.17, 15) is 9.59 Å².